The smallest absolute Gasteiger partial charge is 0.336 e. The summed E-state index contributed by atoms with van der Waals surface area (Å²) < 4.78 is 15.9. The standard InChI is InChI=1S/C37H36N2O6/c1-43-17-18-44-25-45-34-16-13-29-20-31(10-9-30(29)21-34)36(40)24-38-22-26-5-4-7-28(19-26)27-11-14-33(15-12-27)39-23-32-6-2-3-8-35(32)37(41)42/h2-16,19-21,38-39H,17-18,22-25H2,1H3,(H,41,42). The van der Waals surface area contributed by atoms with Crippen molar-refractivity contribution in [3.8, 4) is 16.9 Å². The maximum atomic E-state index is 12.9. The maximum absolute atomic E-state index is 12.9. The third kappa shape index (κ3) is 8.77. The number of hydrogen-bond donors (Lipinski definition) is 3. The first-order valence-electron chi connectivity index (χ1n) is 14.7. The van der Waals surface area contributed by atoms with Crippen LogP contribution in [0.4, 0.5) is 5.69 Å². The zero-order valence-corrected chi connectivity index (χ0v) is 25.1. The lowest BCUT2D eigenvalue weighted by atomic mass is 10.0. The molecule has 0 bridgehead atoms. The Morgan fingerprint density at radius 3 is 2.38 bits per heavy atom. The first kappa shape index (κ1) is 31.4. The number of ether oxygens (including phenoxy) is 3. The summed E-state index contributed by atoms with van der Waals surface area (Å²) in [5, 5.41) is 17.9. The minimum absolute atomic E-state index is 0.0222. The van der Waals surface area contributed by atoms with E-state index in [9.17, 15) is 14.7 Å². The van der Waals surface area contributed by atoms with Gasteiger partial charge < -0.3 is 30.0 Å². The first-order valence-corrected chi connectivity index (χ1v) is 14.7. The summed E-state index contributed by atoms with van der Waals surface area (Å²) in [5.74, 6) is -0.208. The Bertz CT molecular complexity index is 1750. The van der Waals surface area contributed by atoms with Crippen molar-refractivity contribution in [3.63, 3.8) is 0 Å². The molecule has 5 rings (SSSR count). The molecule has 0 heterocycles. The summed E-state index contributed by atoms with van der Waals surface area (Å²) in [6.45, 7) is 2.34. The molecule has 0 aromatic heterocycles. The molecule has 0 radical (unpaired) electrons. The Morgan fingerprint density at radius 2 is 1.56 bits per heavy atom. The molecule has 8 nitrogen and oxygen atoms in total. The number of anilines is 1. The number of nitrogens with one attached hydrogen (secondary N) is 2. The summed E-state index contributed by atoms with van der Waals surface area (Å²) in [6.07, 6.45) is 0. The third-order valence-corrected chi connectivity index (χ3v) is 7.37. The molecular weight excluding hydrogens is 568 g/mol. The van der Waals surface area contributed by atoms with E-state index in [2.05, 4.69) is 22.8 Å². The predicted octanol–water partition coefficient (Wildman–Crippen LogP) is 6.79. The van der Waals surface area contributed by atoms with Crippen molar-refractivity contribution >= 4 is 28.2 Å². The SMILES string of the molecule is COCCOCOc1ccc2cc(C(=O)CNCc3cccc(-c4ccc(NCc5ccccc5C(=O)O)cc4)c3)ccc2c1. The molecule has 0 saturated heterocycles. The van der Waals surface area contributed by atoms with Gasteiger partial charge in [0, 0.05) is 31.5 Å². The number of Topliss-reactive ketones (excluding diaryl/α,β-unsaturated/α-hetero) is 1. The molecule has 0 aliphatic heterocycles. The van der Waals surface area contributed by atoms with Gasteiger partial charge in [0.25, 0.3) is 0 Å². The molecule has 0 aliphatic carbocycles. The van der Waals surface area contributed by atoms with E-state index in [4.69, 9.17) is 14.2 Å². The van der Waals surface area contributed by atoms with Crippen LogP contribution in [0.25, 0.3) is 21.9 Å². The molecule has 0 fully saturated rings. The largest absolute Gasteiger partial charge is 0.478 e. The number of ketones is 1. The molecule has 0 unspecified atom stereocenters. The molecule has 0 aliphatic rings. The molecule has 230 valence electrons. The van der Waals surface area contributed by atoms with Gasteiger partial charge in [-0.25, -0.2) is 4.79 Å². The molecule has 0 saturated carbocycles. The van der Waals surface area contributed by atoms with Gasteiger partial charge in [0.2, 0.25) is 0 Å². The van der Waals surface area contributed by atoms with Gasteiger partial charge in [-0.15, -0.1) is 0 Å². The number of methoxy groups -OCH3 is 1. The quantitative estimate of drug-likeness (QED) is 0.0643. The van der Waals surface area contributed by atoms with E-state index >= 15 is 0 Å². The van der Waals surface area contributed by atoms with Crippen LogP contribution < -0.4 is 15.4 Å². The number of aromatic carboxylic acids is 1. The van der Waals surface area contributed by atoms with Gasteiger partial charge in [-0.1, -0.05) is 66.7 Å². The van der Waals surface area contributed by atoms with Crippen molar-refractivity contribution in [1.29, 1.82) is 0 Å². The molecule has 0 amide bonds. The summed E-state index contributed by atoms with van der Waals surface area (Å²) in [7, 11) is 1.62. The van der Waals surface area contributed by atoms with E-state index in [0.29, 0.717) is 43.2 Å². The number of carboxylic acid groups (broad SMARTS) is 1. The van der Waals surface area contributed by atoms with E-state index in [0.717, 1.165) is 38.7 Å². The Morgan fingerprint density at radius 1 is 0.756 bits per heavy atom. The number of hydrogen-bond acceptors (Lipinski definition) is 7. The average molecular weight is 605 g/mol. The second-order valence-corrected chi connectivity index (χ2v) is 10.5. The van der Waals surface area contributed by atoms with E-state index in [1.54, 1.807) is 19.2 Å². The zero-order valence-electron chi connectivity index (χ0n) is 25.1. The average Bonchev–Trinajstić information content (AvgIpc) is 3.07. The van der Waals surface area contributed by atoms with Gasteiger partial charge in [-0.3, -0.25) is 4.79 Å². The molecule has 5 aromatic rings. The van der Waals surface area contributed by atoms with E-state index < -0.39 is 5.97 Å². The lowest BCUT2D eigenvalue weighted by Gasteiger charge is -2.11. The Labute approximate surface area is 262 Å². The van der Waals surface area contributed by atoms with Crippen LogP contribution in [0.15, 0.2) is 109 Å². The number of carbonyl (C=O) groups excluding carboxylic acids is 1. The van der Waals surface area contributed by atoms with Crippen LogP contribution in [0.3, 0.4) is 0 Å². The molecule has 45 heavy (non-hydrogen) atoms. The lowest BCUT2D eigenvalue weighted by molar-refractivity contribution is -0.00841. The fraction of sp³-hybridized carbons (Fsp3) is 0.189. The monoisotopic (exact) mass is 604 g/mol. The van der Waals surface area contributed by atoms with Crippen LogP contribution in [-0.4, -0.2) is 50.5 Å². The number of benzene rings is 5. The zero-order chi connectivity index (χ0) is 31.4. The van der Waals surface area contributed by atoms with Crippen molar-refractivity contribution in [1.82, 2.24) is 5.32 Å². The third-order valence-electron chi connectivity index (χ3n) is 7.37. The highest BCUT2D eigenvalue weighted by Crippen LogP contribution is 2.24. The summed E-state index contributed by atoms with van der Waals surface area (Å²) in [6, 6.07) is 34.7. The summed E-state index contributed by atoms with van der Waals surface area (Å²) in [5.41, 5.74) is 5.79. The molecule has 8 heteroatoms. The van der Waals surface area contributed by atoms with E-state index in [-0.39, 0.29) is 19.1 Å². The number of carbonyl (C=O) groups is 2. The Kier molecular flexibility index (Phi) is 10.9. The lowest BCUT2D eigenvalue weighted by Crippen LogP contribution is -2.22. The van der Waals surface area contributed by atoms with Gasteiger partial charge in [-0.05, 0) is 75.5 Å². The highest BCUT2D eigenvalue weighted by Gasteiger charge is 2.10. The fourth-order valence-electron chi connectivity index (χ4n) is 4.94. The van der Waals surface area contributed by atoms with Crippen LogP contribution in [0, 0.1) is 0 Å². The van der Waals surface area contributed by atoms with E-state index in [1.807, 2.05) is 84.9 Å². The molecule has 3 N–H and O–H groups in total. The van der Waals surface area contributed by atoms with Gasteiger partial charge in [0.15, 0.2) is 12.6 Å². The second-order valence-electron chi connectivity index (χ2n) is 10.5. The van der Waals surface area contributed by atoms with Crippen LogP contribution >= 0.6 is 0 Å². The number of fused-ring (bicyclic) bond motifs is 1. The van der Waals surface area contributed by atoms with Crippen LogP contribution in [-0.2, 0) is 22.6 Å². The van der Waals surface area contributed by atoms with Gasteiger partial charge >= 0.3 is 5.97 Å². The summed E-state index contributed by atoms with van der Waals surface area (Å²) in [4.78, 5) is 24.4. The Balaban J connectivity index is 1.12. The van der Waals surface area contributed by atoms with Crippen molar-refractivity contribution in [2.24, 2.45) is 0 Å². The van der Waals surface area contributed by atoms with Gasteiger partial charge in [0.1, 0.15) is 5.75 Å². The van der Waals surface area contributed by atoms with Crippen LogP contribution in [0.5, 0.6) is 5.75 Å². The Hall–Kier alpha value is -5.02. The number of rotatable bonds is 16. The highest BCUT2D eigenvalue weighted by molar-refractivity contribution is 6.01. The second kappa shape index (κ2) is 15.6. The maximum Gasteiger partial charge on any atom is 0.336 e. The normalized spacial score (nSPS) is 11.0. The van der Waals surface area contributed by atoms with Crippen LogP contribution in [0.2, 0.25) is 0 Å². The van der Waals surface area contributed by atoms with Gasteiger partial charge in [-0.2, -0.15) is 0 Å². The molecule has 5 aromatic carbocycles. The van der Waals surface area contributed by atoms with Crippen molar-refractivity contribution in [2.75, 3.05) is 39.0 Å². The van der Waals surface area contributed by atoms with Crippen LogP contribution in [0.1, 0.15) is 31.8 Å². The number of carboxylic acids is 1. The van der Waals surface area contributed by atoms with Crippen molar-refractivity contribution in [2.45, 2.75) is 13.1 Å². The van der Waals surface area contributed by atoms with Crippen molar-refractivity contribution in [3.05, 3.63) is 131 Å². The molecular formula is C37H36N2O6. The predicted molar refractivity (Wildman–Crippen MR) is 176 cm³/mol. The fourth-order valence-corrected chi connectivity index (χ4v) is 4.94. The van der Waals surface area contributed by atoms with E-state index in [1.165, 1.54) is 0 Å². The minimum Gasteiger partial charge on any atom is -0.478 e. The molecule has 0 spiro atoms. The summed E-state index contributed by atoms with van der Waals surface area (Å²) >= 11 is 0. The van der Waals surface area contributed by atoms with Gasteiger partial charge in [0.05, 0.1) is 25.3 Å². The topological polar surface area (TPSA) is 106 Å². The van der Waals surface area contributed by atoms with Crippen molar-refractivity contribution < 1.29 is 28.9 Å². The minimum atomic E-state index is -0.933. The molecule has 0 atom stereocenters. The first-order chi connectivity index (χ1) is 22.0. The highest BCUT2D eigenvalue weighted by atomic mass is 16.7.